The lowest BCUT2D eigenvalue weighted by molar-refractivity contribution is -0.286. The summed E-state index contributed by atoms with van der Waals surface area (Å²) in [6.45, 7) is 0. The Morgan fingerprint density at radius 1 is 1.06 bits per heavy atom. The van der Waals surface area contributed by atoms with Crippen LogP contribution in [0.4, 0.5) is 8.78 Å². The highest BCUT2D eigenvalue weighted by Crippen LogP contribution is 2.44. The second-order valence-electron chi connectivity index (χ2n) is 4.80. The summed E-state index contributed by atoms with van der Waals surface area (Å²) in [5, 5.41) is 0.977. The van der Waals surface area contributed by atoms with Gasteiger partial charge < -0.3 is 14.5 Å². The van der Waals surface area contributed by atoms with Crippen LogP contribution in [-0.2, 0) is 12.8 Å². The minimum Gasteiger partial charge on any atom is -0.395 e. The number of rotatable bonds is 0. The van der Waals surface area contributed by atoms with E-state index >= 15 is 0 Å². The van der Waals surface area contributed by atoms with Gasteiger partial charge in [0.25, 0.3) is 0 Å². The van der Waals surface area contributed by atoms with E-state index in [2.05, 4.69) is 14.5 Å². The quantitative estimate of drug-likeness (QED) is 0.779. The van der Waals surface area contributed by atoms with E-state index in [0.29, 0.717) is 0 Å². The molecule has 0 radical (unpaired) electrons. The number of aryl methyl sites for hydroxylation is 2. The molecule has 1 N–H and O–H groups in total. The third-order valence-corrected chi connectivity index (χ3v) is 3.62. The second-order valence-corrected chi connectivity index (χ2v) is 4.80. The fourth-order valence-electron chi connectivity index (χ4n) is 2.85. The standard InChI is InChI=1S/C13H11F2NO2/c14-13(15)17-11-5-8-7-3-1-2-4-9(7)16-10(8)6-12(11)18-13/h5-6,16H,1-4H2. The number of nitrogens with one attached hydrogen (secondary N) is 1. The Morgan fingerprint density at radius 2 is 1.78 bits per heavy atom. The van der Waals surface area contributed by atoms with Crippen LogP contribution in [0.5, 0.6) is 11.5 Å². The summed E-state index contributed by atoms with van der Waals surface area (Å²) < 4.78 is 34.9. The summed E-state index contributed by atoms with van der Waals surface area (Å²) >= 11 is 0. The summed E-state index contributed by atoms with van der Waals surface area (Å²) in [6.07, 6.45) is 0.786. The zero-order valence-electron chi connectivity index (χ0n) is 9.56. The van der Waals surface area contributed by atoms with Crippen molar-refractivity contribution >= 4 is 10.9 Å². The number of ether oxygens (including phenoxy) is 2. The van der Waals surface area contributed by atoms with Gasteiger partial charge in [-0.2, -0.15) is 0 Å². The van der Waals surface area contributed by atoms with Crippen LogP contribution in [0.1, 0.15) is 24.1 Å². The van der Waals surface area contributed by atoms with Gasteiger partial charge in [0.15, 0.2) is 11.5 Å². The van der Waals surface area contributed by atoms with Crippen LogP contribution in [0.15, 0.2) is 12.1 Å². The van der Waals surface area contributed by atoms with Crippen LogP contribution in [-0.4, -0.2) is 11.3 Å². The van der Waals surface area contributed by atoms with E-state index in [1.165, 1.54) is 17.7 Å². The molecule has 5 heteroatoms. The summed E-state index contributed by atoms with van der Waals surface area (Å²) in [6, 6.07) is 3.26. The van der Waals surface area contributed by atoms with Gasteiger partial charge >= 0.3 is 6.29 Å². The van der Waals surface area contributed by atoms with Crippen molar-refractivity contribution in [1.29, 1.82) is 0 Å². The van der Waals surface area contributed by atoms with E-state index in [1.807, 2.05) is 0 Å². The molecule has 3 nitrogen and oxygen atoms in total. The lowest BCUT2D eigenvalue weighted by atomic mass is 9.95. The highest BCUT2D eigenvalue weighted by atomic mass is 19.3. The third-order valence-electron chi connectivity index (χ3n) is 3.62. The average Bonchev–Trinajstić information content (AvgIpc) is 2.80. The molecule has 18 heavy (non-hydrogen) atoms. The van der Waals surface area contributed by atoms with Gasteiger partial charge in [-0.05, 0) is 37.3 Å². The Balaban J connectivity index is 1.92. The first-order chi connectivity index (χ1) is 8.62. The van der Waals surface area contributed by atoms with Crippen molar-refractivity contribution in [2.24, 2.45) is 0 Å². The predicted octanol–water partition coefficient (Wildman–Crippen LogP) is 3.37. The molecule has 0 fully saturated rings. The van der Waals surface area contributed by atoms with Crippen molar-refractivity contribution < 1.29 is 18.3 Å². The van der Waals surface area contributed by atoms with Crippen LogP contribution in [0, 0.1) is 0 Å². The third kappa shape index (κ3) is 1.33. The summed E-state index contributed by atoms with van der Waals surface area (Å²) in [5.41, 5.74) is 3.30. The first-order valence-electron chi connectivity index (χ1n) is 6.06. The number of hydrogen-bond donors (Lipinski definition) is 1. The predicted molar refractivity (Wildman–Crippen MR) is 61.1 cm³/mol. The fourth-order valence-corrected chi connectivity index (χ4v) is 2.85. The van der Waals surface area contributed by atoms with E-state index < -0.39 is 6.29 Å². The molecule has 0 saturated heterocycles. The average molecular weight is 251 g/mol. The summed E-state index contributed by atoms with van der Waals surface area (Å²) in [7, 11) is 0. The molecule has 1 aromatic heterocycles. The molecule has 2 aliphatic rings. The molecule has 0 saturated carbocycles. The van der Waals surface area contributed by atoms with Crippen molar-refractivity contribution in [3.8, 4) is 11.5 Å². The van der Waals surface area contributed by atoms with Crippen molar-refractivity contribution in [3.63, 3.8) is 0 Å². The van der Waals surface area contributed by atoms with Gasteiger partial charge in [0.05, 0.1) is 0 Å². The maximum atomic E-state index is 13.0. The van der Waals surface area contributed by atoms with E-state index in [0.717, 1.165) is 30.2 Å². The number of hydrogen-bond acceptors (Lipinski definition) is 2. The van der Waals surface area contributed by atoms with Crippen LogP contribution in [0.3, 0.4) is 0 Å². The maximum Gasteiger partial charge on any atom is 0.586 e. The molecule has 1 aliphatic carbocycles. The fraction of sp³-hybridized carbons (Fsp3) is 0.385. The molecule has 1 aliphatic heterocycles. The smallest absolute Gasteiger partial charge is 0.395 e. The monoisotopic (exact) mass is 251 g/mol. The number of alkyl halides is 2. The lowest BCUT2D eigenvalue weighted by Crippen LogP contribution is -2.25. The van der Waals surface area contributed by atoms with Crippen molar-refractivity contribution in [2.45, 2.75) is 32.0 Å². The van der Waals surface area contributed by atoms with E-state index in [9.17, 15) is 8.78 Å². The van der Waals surface area contributed by atoms with Crippen LogP contribution < -0.4 is 9.47 Å². The van der Waals surface area contributed by atoms with E-state index in [1.54, 1.807) is 12.1 Å². The second kappa shape index (κ2) is 3.16. The zero-order chi connectivity index (χ0) is 12.3. The number of benzene rings is 1. The molecule has 4 rings (SSSR count). The van der Waals surface area contributed by atoms with Gasteiger partial charge in [-0.3, -0.25) is 0 Å². The molecule has 0 atom stereocenters. The van der Waals surface area contributed by atoms with Crippen molar-refractivity contribution in [3.05, 3.63) is 23.4 Å². The van der Waals surface area contributed by atoms with Gasteiger partial charge in [0, 0.05) is 22.7 Å². The molecule has 2 aromatic rings. The number of fused-ring (bicyclic) bond motifs is 4. The van der Waals surface area contributed by atoms with Crippen molar-refractivity contribution in [1.82, 2.24) is 4.98 Å². The Hall–Kier alpha value is -1.78. The molecule has 0 amide bonds. The molecule has 0 bridgehead atoms. The van der Waals surface area contributed by atoms with Crippen molar-refractivity contribution in [2.75, 3.05) is 0 Å². The Labute approximate surface area is 102 Å². The highest BCUT2D eigenvalue weighted by Gasteiger charge is 2.43. The zero-order valence-corrected chi connectivity index (χ0v) is 9.56. The maximum absolute atomic E-state index is 13.0. The number of halogens is 2. The van der Waals surface area contributed by atoms with Crippen LogP contribution >= 0.6 is 0 Å². The van der Waals surface area contributed by atoms with Gasteiger partial charge in [-0.1, -0.05) is 0 Å². The van der Waals surface area contributed by atoms with Gasteiger partial charge in [-0.15, -0.1) is 8.78 Å². The molecular weight excluding hydrogens is 240 g/mol. The van der Waals surface area contributed by atoms with Gasteiger partial charge in [0.2, 0.25) is 0 Å². The Kier molecular flexibility index (Phi) is 1.78. The molecule has 94 valence electrons. The first-order valence-corrected chi connectivity index (χ1v) is 6.06. The first kappa shape index (κ1) is 10.2. The molecule has 1 aromatic carbocycles. The normalized spacial score (nSPS) is 20.1. The largest absolute Gasteiger partial charge is 0.586 e. The number of aromatic nitrogens is 1. The van der Waals surface area contributed by atoms with Crippen LogP contribution in [0.25, 0.3) is 10.9 Å². The van der Waals surface area contributed by atoms with Gasteiger partial charge in [0.1, 0.15) is 0 Å². The molecular formula is C13H11F2NO2. The Morgan fingerprint density at radius 3 is 2.61 bits per heavy atom. The van der Waals surface area contributed by atoms with Crippen LogP contribution in [0.2, 0.25) is 0 Å². The topological polar surface area (TPSA) is 34.2 Å². The molecule has 0 spiro atoms. The molecule has 0 unspecified atom stereocenters. The number of aromatic amines is 1. The summed E-state index contributed by atoms with van der Waals surface area (Å²) in [4.78, 5) is 3.29. The Bertz CT molecular complexity index is 648. The molecule has 2 heterocycles. The minimum atomic E-state index is -3.54. The minimum absolute atomic E-state index is 0.103. The summed E-state index contributed by atoms with van der Waals surface area (Å²) in [5.74, 6) is 0.228. The SMILES string of the molecule is FC1(F)Oc2cc3[nH]c4c(c3cc2O1)CCCC4. The lowest BCUT2D eigenvalue weighted by Gasteiger charge is -2.10. The van der Waals surface area contributed by atoms with E-state index in [4.69, 9.17) is 0 Å². The van der Waals surface area contributed by atoms with Gasteiger partial charge in [-0.25, -0.2) is 0 Å². The van der Waals surface area contributed by atoms with E-state index in [-0.39, 0.29) is 11.5 Å². The number of H-pyrrole nitrogens is 1. The highest BCUT2D eigenvalue weighted by molar-refractivity contribution is 5.88.